The summed E-state index contributed by atoms with van der Waals surface area (Å²) in [5, 5.41) is 8.78. The minimum Gasteiger partial charge on any atom is -0.394 e. The number of hydrogen-bond acceptors (Lipinski definition) is 5. The molecule has 1 heterocycles. The third-order valence-electron chi connectivity index (χ3n) is 2.07. The van der Waals surface area contributed by atoms with Gasteiger partial charge in [0.15, 0.2) is 9.84 Å². The Kier molecular flexibility index (Phi) is 3.78. The quantitative estimate of drug-likeness (QED) is 0.751. The van der Waals surface area contributed by atoms with E-state index in [2.05, 4.69) is 4.98 Å². The van der Waals surface area contributed by atoms with Gasteiger partial charge in [-0.25, -0.2) is 8.42 Å². The first-order chi connectivity index (χ1) is 7.01. The number of aromatic nitrogens is 1. The van der Waals surface area contributed by atoms with Crippen LogP contribution in [-0.2, 0) is 9.84 Å². The Hall–Kier alpha value is -0.980. The minimum absolute atomic E-state index is 0.0417. The highest BCUT2D eigenvalue weighted by Crippen LogP contribution is 2.12. The van der Waals surface area contributed by atoms with Crippen LogP contribution in [0.5, 0.6) is 0 Å². The smallest absolute Gasteiger partial charge is 0.179 e. The van der Waals surface area contributed by atoms with E-state index in [0.717, 1.165) is 0 Å². The van der Waals surface area contributed by atoms with Gasteiger partial charge in [-0.05, 0) is 12.1 Å². The molecule has 1 aromatic rings. The van der Waals surface area contributed by atoms with Crippen molar-refractivity contribution in [2.24, 2.45) is 5.73 Å². The van der Waals surface area contributed by atoms with E-state index in [1.807, 2.05) is 0 Å². The van der Waals surface area contributed by atoms with Crippen LogP contribution in [0.3, 0.4) is 0 Å². The van der Waals surface area contributed by atoms with E-state index in [9.17, 15) is 8.42 Å². The van der Waals surface area contributed by atoms with E-state index in [1.54, 1.807) is 6.92 Å². The first-order valence-corrected chi connectivity index (χ1v) is 6.21. The number of nitrogens with zero attached hydrogens (tertiary/aromatic N) is 1. The van der Waals surface area contributed by atoms with Crippen molar-refractivity contribution in [3.63, 3.8) is 0 Å². The molecule has 5 nitrogen and oxygen atoms in total. The van der Waals surface area contributed by atoms with Gasteiger partial charge in [-0.15, -0.1) is 0 Å². The van der Waals surface area contributed by atoms with Gasteiger partial charge in [-0.3, -0.25) is 4.98 Å². The molecule has 0 aliphatic heterocycles. The molecule has 0 spiro atoms. The topological polar surface area (TPSA) is 93.3 Å². The number of rotatable bonds is 4. The molecule has 1 rings (SSSR count). The third-order valence-corrected chi connectivity index (χ3v) is 3.79. The summed E-state index contributed by atoms with van der Waals surface area (Å²) in [4.78, 5) is 4.08. The lowest BCUT2D eigenvalue weighted by molar-refractivity contribution is 0.266. The highest BCUT2D eigenvalue weighted by Gasteiger charge is 2.13. The van der Waals surface area contributed by atoms with Crippen molar-refractivity contribution < 1.29 is 13.5 Å². The molecule has 6 heteroatoms. The molecule has 0 radical (unpaired) electrons. The van der Waals surface area contributed by atoms with Crippen molar-refractivity contribution >= 4 is 9.84 Å². The monoisotopic (exact) mass is 230 g/mol. The van der Waals surface area contributed by atoms with Gasteiger partial charge in [-0.1, -0.05) is 6.92 Å². The Balaban J connectivity index is 3.00. The number of aliphatic hydroxyl groups excluding tert-OH is 1. The number of pyridine rings is 1. The Morgan fingerprint density at radius 3 is 2.60 bits per heavy atom. The third kappa shape index (κ3) is 2.74. The zero-order valence-electron chi connectivity index (χ0n) is 8.42. The van der Waals surface area contributed by atoms with Crippen LogP contribution in [0.4, 0.5) is 0 Å². The molecule has 1 atom stereocenters. The largest absolute Gasteiger partial charge is 0.394 e. The molecule has 0 bridgehead atoms. The molecule has 0 aliphatic rings. The highest BCUT2D eigenvalue weighted by atomic mass is 32.2. The summed E-state index contributed by atoms with van der Waals surface area (Å²) in [7, 11) is -3.21. The summed E-state index contributed by atoms with van der Waals surface area (Å²) >= 11 is 0. The Bertz CT molecular complexity index is 413. The molecular formula is C9H14N2O3S. The molecule has 0 saturated heterocycles. The predicted octanol–water partition coefficient (Wildman–Crippen LogP) is -0.133. The van der Waals surface area contributed by atoms with E-state index < -0.39 is 15.9 Å². The molecule has 3 N–H and O–H groups in total. The Morgan fingerprint density at radius 1 is 1.53 bits per heavy atom. The van der Waals surface area contributed by atoms with Crippen molar-refractivity contribution in [3.8, 4) is 0 Å². The van der Waals surface area contributed by atoms with Gasteiger partial charge in [0.25, 0.3) is 0 Å². The molecule has 0 aliphatic carbocycles. The van der Waals surface area contributed by atoms with Gasteiger partial charge in [0.1, 0.15) is 0 Å². The molecule has 15 heavy (non-hydrogen) atoms. The lowest BCUT2D eigenvalue weighted by Gasteiger charge is -2.07. The summed E-state index contributed by atoms with van der Waals surface area (Å²) < 4.78 is 22.9. The van der Waals surface area contributed by atoms with Crippen LogP contribution in [0.2, 0.25) is 0 Å². The van der Waals surface area contributed by atoms with Crippen LogP contribution >= 0.6 is 0 Å². The predicted molar refractivity (Wildman–Crippen MR) is 56.0 cm³/mol. The molecule has 0 saturated carbocycles. The number of hydrogen-bond donors (Lipinski definition) is 2. The lowest BCUT2D eigenvalue weighted by atomic mass is 10.2. The van der Waals surface area contributed by atoms with Gasteiger partial charge in [-0.2, -0.15) is 0 Å². The maximum Gasteiger partial charge on any atom is 0.179 e. The van der Waals surface area contributed by atoms with Gasteiger partial charge < -0.3 is 10.8 Å². The fraction of sp³-hybridized carbons (Fsp3) is 0.444. The normalized spacial score (nSPS) is 13.8. The van der Waals surface area contributed by atoms with Gasteiger partial charge in [0.05, 0.1) is 29.0 Å². The Labute approximate surface area is 88.9 Å². The van der Waals surface area contributed by atoms with Crippen molar-refractivity contribution in [2.75, 3.05) is 12.4 Å². The second-order valence-corrected chi connectivity index (χ2v) is 5.39. The zero-order chi connectivity index (χ0) is 11.5. The SMILES string of the molecule is CCS(=O)(=O)c1ccc(C(N)CO)nc1. The molecule has 0 aromatic carbocycles. The van der Waals surface area contributed by atoms with E-state index in [0.29, 0.717) is 5.69 Å². The average Bonchev–Trinajstić information content (AvgIpc) is 2.28. The van der Waals surface area contributed by atoms with Crippen molar-refractivity contribution in [3.05, 3.63) is 24.0 Å². The molecule has 0 fully saturated rings. The molecule has 0 amide bonds. The highest BCUT2D eigenvalue weighted by molar-refractivity contribution is 7.91. The van der Waals surface area contributed by atoms with Gasteiger partial charge in [0, 0.05) is 6.20 Å². The van der Waals surface area contributed by atoms with Crippen molar-refractivity contribution in [1.29, 1.82) is 0 Å². The zero-order valence-corrected chi connectivity index (χ0v) is 9.24. The first-order valence-electron chi connectivity index (χ1n) is 4.56. The number of sulfone groups is 1. The van der Waals surface area contributed by atoms with Crippen LogP contribution in [0.15, 0.2) is 23.2 Å². The Morgan fingerprint density at radius 2 is 2.20 bits per heavy atom. The number of aliphatic hydroxyl groups is 1. The standard InChI is InChI=1S/C9H14N2O3S/c1-2-15(13,14)7-3-4-9(11-5-7)8(10)6-12/h3-5,8,12H,2,6,10H2,1H3. The first kappa shape index (κ1) is 12.1. The van der Waals surface area contributed by atoms with Crippen molar-refractivity contribution in [2.45, 2.75) is 17.9 Å². The van der Waals surface area contributed by atoms with Crippen LogP contribution in [0.1, 0.15) is 18.7 Å². The molecular weight excluding hydrogens is 216 g/mol. The lowest BCUT2D eigenvalue weighted by Crippen LogP contribution is -2.16. The number of nitrogens with two attached hydrogens (primary N) is 1. The summed E-state index contributed by atoms with van der Waals surface area (Å²) in [5.41, 5.74) is 6.00. The van der Waals surface area contributed by atoms with E-state index >= 15 is 0 Å². The maximum absolute atomic E-state index is 11.4. The average molecular weight is 230 g/mol. The fourth-order valence-electron chi connectivity index (χ4n) is 1.06. The van der Waals surface area contributed by atoms with Gasteiger partial charge >= 0.3 is 0 Å². The van der Waals surface area contributed by atoms with Crippen molar-refractivity contribution in [1.82, 2.24) is 4.98 Å². The summed E-state index contributed by atoms with van der Waals surface area (Å²) in [6.07, 6.45) is 1.27. The summed E-state index contributed by atoms with van der Waals surface area (Å²) in [5.74, 6) is 0.0417. The van der Waals surface area contributed by atoms with E-state index in [-0.39, 0.29) is 17.3 Å². The minimum atomic E-state index is -3.21. The maximum atomic E-state index is 11.4. The van der Waals surface area contributed by atoms with Crippen LogP contribution in [0, 0.1) is 0 Å². The van der Waals surface area contributed by atoms with Gasteiger partial charge in [0.2, 0.25) is 0 Å². The van der Waals surface area contributed by atoms with Crippen LogP contribution in [-0.4, -0.2) is 30.9 Å². The second-order valence-electron chi connectivity index (χ2n) is 3.11. The summed E-state index contributed by atoms with van der Waals surface area (Å²) in [6.45, 7) is 1.36. The van der Waals surface area contributed by atoms with Crippen LogP contribution < -0.4 is 5.73 Å². The van der Waals surface area contributed by atoms with E-state index in [4.69, 9.17) is 10.8 Å². The van der Waals surface area contributed by atoms with E-state index in [1.165, 1.54) is 18.3 Å². The fourth-order valence-corrected chi connectivity index (χ4v) is 1.88. The summed E-state index contributed by atoms with van der Waals surface area (Å²) in [6, 6.07) is 2.41. The molecule has 1 aromatic heterocycles. The van der Waals surface area contributed by atoms with Crippen LogP contribution in [0.25, 0.3) is 0 Å². The molecule has 84 valence electrons. The second kappa shape index (κ2) is 4.69. The molecule has 1 unspecified atom stereocenters.